The lowest BCUT2D eigenvalue weighted by molar-refractivity contribution is 0.0889. The first-order valence-electron chi connectivity index (χ1n) is 7.13. The lowest BCUT2D eigenvalue weighted by Crippen LogP contribution is -2.38. The second-order valence-corrected chi connectivity index (χ2v) is 5.13. The molecule has 0 fully saturated rings. The Morgan fingerprint density at radius 2 is 1.70 bits per heavy atom. The Labute approximate surface area is 122 Å². The molecule has 0 radical (unpaired) electrons. The van der Waals surface area contributed by atoms with Crippen molar-refractivity contribution in [2.45, 2.75) is 19.9 Å². The molecule has 1 unspecified atom stereocenters. The van der Waals surface area contributed by atoms with Gasteiger partial charge in [0, 0.05) is 39.9 Å². The van der Waals surface area contributed by atoms with Gasteiger partial charge in [-0.1, -0.05) is 23.8 Å². The second kappa shape index (κ2) is 9.08. The first-order valence-corrected chi connectivity index (χ1v) is 7.13. The van der Waals surface area contributed by atoms with Gasteiger partial charge in [-0.05, 0) is 25.0 Å². The molecule has 0 aliphatic heterocycles. The average molecular weight is 280 g/mol. The van der Waals surface area contributed by atoms with Crippen LogP contribution in [0.25, 0.3) is 0 Å². The highest BCUT2D eigenvalue weighted by Crippen LogP contribution is 2.23. The van der Waals surface area contributed by atoms with E-state index in [4.69, 9.17) is 15.2 Å². The Bertz CT molecular complexity index is 388. The highest BCUT2D eigenvalue weighted by atomic mass is 16.5. The molecule has 0 saturated carbocycles. The van der Waals surface area contributed by atoms with E-state index in [0.717, 1.165) is 13.1 Å². The maximum atomic E-state index is 6.03. The Hall–Kier alpha value is -0.940. The first-order chi connectivity index (χ1) is 9.63. The van der Waals surface area contributed by atoms with Gasteiger partial charge >= 0.3 is 0 Å². The monoisotopic (exact) mass is 280 g/mol. The molecule has 1 aromatic carbocycles. The van der Waals surface area contributed by atoms with Crippen LogP contribution in [0.4, 0.5) is 0 Å². The zero-order chi connectivity index (χ0) is 15.0. The molecule has 1 aromatic rings. The summed E-state index contributed by atoms with van der Waals surface area (Å²) in [7, 11) is 3.45. The van der Waals surface area contributed by atoms with Crippen molar-refractivity contribution in [1.82, 2.24) is 4.90 Å². The first kappa shape index (κ1) is 17.1. The molecule has 0 heterocycles. The van der Waals surface area contributed by atoms with Gasteiger partial charge in [-0.15, -0.1) is 0 Å². The van der Waals surface area contributed by atoms with Crippen molar-refractivity contribution >= 4 is 0 Å². The topological polar surface area (TPSA) is 47.7 Å². The molecule has 20 heavy (non-hydrogen) atoms. The second-order valence-electron chi connectivity index (χ2n) is 5.13. The van der Waals surface area contributed by atoms with Crippen molar-refractivity contribution in [2.75, 3.05) is 47.1 Å². The Morgan fingerprint density at radius 3 is 2.15 bits per heavy atom. The van der Waals surface area contributed by atoms with Gasteiger partial charge in [-0.3, -0.25) is 4.90 Å². The summed E-state index contributed by atoms with van der Waals surface area (Å²) < 4.78 is 10.4. The van der Waals surface area contributed by atoms with Gasteiger partial charge in [0.1, 0.15) is 0 Å². The van der Waals surface area contributed by atoms with Crippen molar-refractivity contribution in [1.29, 1.82) is 0 Å². The third-order valence-corrected chi connectivity index (χ3v) is 3.61. The van der Waals surface area contributed by atoms with E-state index >= 15 is 0 Å². The zero-order valence-corrected chi connectivity index (χ0v) is 13.2. The number of hydrogen-bond donors (Lipinski definition) is 1. The van der Waals surface area contributed by atoms with Crippen molar-refractivity contribution in [3.05, 3.63) is 34.9 Å². The molecule has 0 aromatic heterocycles. The van der Waals surface area contributed by atoms with E-state index < -0.39 is 0 Å². The van der Waals surface area contributed by atoms with E-state index in [1.54, 1.807) is 14.2 Å². The van der Waals surface area contributed by atoms with E-state index in [2.05, 4.69) is 36.9 Å². The fourth-order valence-electron chi connectivity index (χ4n) is 2.51. The van der Waals surface area contributed by atoms with Gasteiger partial charge in [-0.25, -0.2) is 0 Å². The average Bonchev–Trinajstić information content (AvgIpc) is 2.43. The minimum atomic E-state index is 0.209. The van der Waals surface area contributed by atoms with Crippen LogP contribution >= 0.6 is 0 Å². The number of rotatable bonds is 9. The van der Waals surface area contributed by atoms with Gasteiger partial charge < -0.3 is 15.2 Å². The molecule has 0 spiro atoms. The molecule has 114 valence electrons. The number of nitrogens with zero attached hydrogens (tertiary/aromatic N) is 1. The molecule has 4 heteroatoms. The number of ether oxygens (including phenoxy) is 2. The number of methoxy groups -OCH3 is 2. The molecule has 0 saturated heterocycles. The van der Waals surface area contributed by atoms with Crippen molar-refractivity contribution in [2.24, 2.45) is 5.73 Å². The van der Waals surface area contributed by atoms with Gasteiger partial charge in [0.25, 0.3) is 0 Å². The Balaban J connectivity index is 2.92. The molecule has 0 amide bonds. The van der Waals surface area contributed by atoms with Gasteiger partial charge in [0.05, 0.1) is 13.2 Å². The quantitative estimate of drug-likeness (QED) is 0.750. The smallest absolute Gasteiger partial charge is 0.0589 e. The highest BCUT2D eigenvalue weighted by Gasteiger charge is 2.20. The summed E-state index contributed by atoms with van der Waals surface area (Å²) >= 11 is 0. The standard InChI is InChI=1S/C16H28N2O2/c1-13-5-6-15(14(2)11-13)16(12-17)18(7-9-19-3)8-10-20-4/h5-6,11,16H,7-10,12,17H2,1-4H3. The largest absolute Gasteiger partial charge is 0.383 e. The molecule has 2 N–H and O–H groups in total. The van der Waals surface area contributed by atoms with E-state index in [1.165, 1.54) is 16.7 Å². The van der Waals surface area contributed by atoms with Crippen molar-refractivity contribution in [3.63, 3.8) is 0 Å². The molecule has 4 nitrogen and oxygen atoms in total. The predicted octanol–water partition coefficient (Wildman–Crippen LogP) is 1.90. The van der Waals surface area contributed by atoms with Crippen LogP contribution < -0.4 is 5.73 Å². The third-order valence-electron chi connectivity index (χ3n) is 3.61. The van der Waals surface area contributed by atoms with E-state index in [9.17, 15) is 0 Å². The highest BCUT2D eigenvalue weighted by molar-refractivity contribution is 5.33. The normalized spacial score (nSPS) is 12.9. The maximum Gasteiger partial charge on any atom is 0.0589 e. The molecule has 0 aliphatic rings. The van der Waals surface area contributed by atoms with E-state index in [1.807, 2.05) is 0 Å². The minimum Gasteiger partial charge on any atom is -0.383 e. The van der Waals surface area contributed by atoms with Crippen LogP contribution in [-0.4, -0.2) is 52.0 Å². The number of hydrogen-bond acceptors (Lipinski definition) is 4. The summed E-state index contributed by atoms with van der Waals surface area (Å²) in [5.74, 6) is 0. The van der Waals surface area contributed by atoms with Crippen molar-refractivity contribution in [3.8, 4) is 0 Å². The molecular weight excluding hydrogens is 252 g/mol. The van der Waals surface area contributed by atoms with Gasteiger partial charge in [-0.2, -0.15) is 0 Å². The summed E-state index contributed by atoms with van der Waals surface area (Å²) in [4.78, 5) is 2.34. The summed E-state index contributed by atoms with van der Waals surface area (Å²) in [6.07, 6.45) is 0. The lowest BCUT2D eigenvalue weighted by atomic mass is 9.98. The maximum absolute atomic E-state index is 6.03. The molecule has 0 aliphatic carbocycles. The zero-order valence-electron chi connectivity index (χ0n) is 13.2. The number of aryl methyl sites for hydroxylation is 2. The van der Waals surface area contributed by atoms with Crippen LogP contribution in [0.5, 0.6) is 0 Å². The van der Waals surface area contributed by atoms with Gasteiger partial charge in [0.15, 0.2) is 0 Å². The molecule has 1 rings (SSSR count). The third kappa shape index (κ3) is 4.87. The Morgan fingerprint density at radius 1 is 1.10 bits per heavy atom. The van der Waals surface area contributed by atoms with Gasteiger partial charge in [0.2, 0.25) is 0 Å². The fourth-order valence-corrected chi connectivity index (χ4v) is 2.51. The van der Waals surface area contributed by atoms with Crippen LogP contribution in [0.15, 0.2) is 18.2 Å². The van der Waals surface area contributed by atoms with Crippen LogP contribution in [0.3, 0.4) is 0 Å². The van der Waals surface area contributed by atoms with Crippen LogP contribution in [0.2, 0.25) is 0 Å². The number of benzene rings is 1. The summed E-state index contributed by atoms with van der Waals surface area (Å²) in [6.45, 7) is 7.97. The SMILES string of the molecule is COCCN(CCOC)C(CN)c1ccc(C)cc1C. The van der Waals surface area contributed by atoms with E-state index in [0.29, 0.717) is 19.8 Å². The minimum absolute atomic E-state index is 0.209. The summed E-state index contributed by atoms with van der Waals surface area (Å²) in [5, 5.41) is 0. The molecule has 1 atom stereocenters. The van der Waals surface area contributed by atoms with Crippen LogP contribution in [0.1, 0.15) is 22.7 Å². The molecule has 0 bridgehead atoms. The van der Waals surface area contributed by atoms with E-state index in [-0.39, 0.29) is 6.04 Å². The van der Waals surface area contributed by atoms with Crippen LogP contribution in [-0.2, 0) is 9.47 Å². The predicted molar refractivity (Wildman–Crippen MR) is 83.0 cm³/mol. The molecular formula is C16H28N2O2. The van der Waals surface area contributed by atoms with Crippen LogP contribution in [0, 0.1) is 13.8 Å². The van der Waals surface area contributed by atoms with Crippen molar-refractivity contribution < 1.29 is 9.47 Å². The number of nitrogens with two attached hydrogens (primary N) is 1. The fraction of sp³-hybridized carbons (Fsp3) is 0.625. The summed E-state index contributed by atoms with van der Waals surface area (Å²) in [5.41, 5.74) is 9.90. The summed E-state index contributed by atoms with van der Waals surface area (Å²) in [6, 6.07) is 6.76. The lowest BCUT2D eigenvalue weighted by Gasteiger charge is -2.32. The Kier molecular flexibility index (Phi) is 7.77.